The number of halogens is 1. The predicted molar refractivity (Wildman–Crippen MR) is 114 cm³/mol. The zero-order valence-electron chi connectivity index (χ0n) is 16.6. The number of hydrogen-bond acceptors (Lipinski definition) is 4. The second-order valence-electron chi connectivity index (χ2n) is 7.52. The summed E-state index contributed by atoms with van der Waals surface area (Å²) in [5.41, 5.74) is 1.46. The Morgan fingerprint density at radius 3 is 2.03 bits per heavy atom. The number of likely N-dealkylation sites (tertiary alicyclic amines) is 1. The van der Waals surface area contributed by atoms with E-state index in [1.807, 2.05) is 4.90 Å². The first-order chi connectivity index (χ1) is 14.4. The average Bonchev–Trinajstić information content (AvgIpc) is 3.30. The van der Waals surface area contributed by atoms with Gasteiger partial charge >= 0.3 is 6.03 Å². The van der Waals surface area contributed by atoms with Crippen LogP contribution in [-0.2, 0) is 10.0 Å². The van der Waals surface area contributed by atoms with Crippen LogP contribution in [0.5, 0.6) is 0 Å². The number of amides is 2. The number of hydrogen-bond donors (Lipinski definition) is 1. The third kappa shape index (κ3) is 4.41. The molecule has 0 saturated carbocycles. The number of sulfonamides is 1. The molecule has 1 N–H and O–H groups in total. The minimum atomic E-state index is -3.61. The predicted octanol–water partition coefficient (Wildman–Crippen LogP) is 2.96. The van der Waals surface area contributed by atoms with Crippen molar-refractivity contribution >= 4 is 27.4 Å². The number of nitrogens with one attached hydrogen (secondary N) is 1. The highest BCUT2D eigenvalue weighted by molar-refractivity contribution is 7.89. The van der Waals surface area contributed by atoms with E-state index in [0.29, 0.717) is 31.9 Å². The van der Waals surface area contributed by atoms with Gasteiger partial charge in [-0.15, -0.1) is 0 Å². The molecule has 9 heteroatoms. The molecule has 2 aromatic carbocycles. The van der Waals surface area contributed by atoms with Crippen LogP contribution >= 0.6 is 0 Å². The van der Waals surface area contributed by atoms with Crippen LogP contribution in [0, 0.1) is 5.82 Å². The molecule has 2 aliphatic heterocycles. The smallest absolute Gasteiger partial charge is 0.321 e. The van der Waals surface area contributed by atoms with E-state index in [0.717, 1.165) is 31.6 Å². The normalized spacial score (nSPS) is 17.9. The molecule has 0 unspecified atom stereocenters. The molecule has 0 aliphatic carbocycles. The summed E-state index contributed by atoms with van der Waals surface area (Å²) in [6.45, 7) is 3.29. The summed E-state index contributed by atoms with van der Waals surface area (Å²) >= 11 is 0. The van der Waals surface area contributed by atoms with E-state index in [1.165, 1.54) is 28.6 Å². The summed E-state index contributed by atoms with van der Waals surface area (Å²) in [7, 11) is -3.61. The molecule has 0 bridgehead atoms. The molecule has 7 nitrogen and oxygen atoms in total. The highest BCUT2D eigenvalue weighted by Gasteiger charge is 2.28. The summed E-state index contributed by atoms with van der Waals surface area (Å²) in [6, 6.07) is 12.4. The molecule has 2 saturated heterocycles. The molecule has 30 heavy (non-hydrogen) atoms. The second kappa shape index (κ2) is 8.61. The average molecular weight is 433 g/mol. The van der Waals surface area contributed by atoms with Gasteiger partial charge in [-0.2, -0.15) is 4.31 Å². The maximum Gasteiger partial charge on any atom is 0.321 e. The van der Waals surface area contributed by atoms with E-state index < -0.39 is 10.0 Å². The molecule has 160 valence electrons. The van der Waals surface area contributed by atoms with E-state index >= 15 is 0 Å². The number of nitrogens with zero attached hydrogens (tertiary/aromatic N) is 3. The highest BCUT2D eigenvalue weighted by Crippen LogP contribution is 2.23. The SMILES string of the molecule is O=C(Nc1ccc(S(=O)(=O)N2CCN(c3ccc(F)cc3)CC2)cc1)N1CCCC1. The standard InChI is InChI=1S/C21H25FN4O3S/c22-17-3-7-19(8-4-17)24-13-15-26(16-14-24)30(28,29)20-9-5-18(6-10-20)23-21(27)25-11-1-2-12-25/h3-10H,1-2,11-16H2,(H,23,27). The molecular formula is C21H25FN4O3S. The fraction of sp³-hybridized carbons (Fsp3) is 0.381. The van der Waals surface area contributed by atoms with Gasteiger partial charge in [0.1, 0.15) is 5.82 Å². The lowest BCUT2D eigenvalue weighted by atomic mass is 10.2. The number of carbonyl (C=O) groups excluding carboxylic acids is 1. The fourth-order valence-corrected chi connectivity index (χ4v) is 5.24. The maximum absolute atomic E-state index is 13.1. The minimum Gasteiger partial charge on any atom is -0.369 e. The number of urea groups is 1. The number of benzene rings is 2. The van der Waals surface area contributed by atoms with Crippen LogP contribution in [0.1, 0.15) is 12.8 Å². The number of anilines is 2. The molecule has 2 aliphatic rings. The van der Waals surface area contributed by atoms with Crippen molar-refractivity contribution in [3.8, 4) is 0 Å². The highest BCUT2D eigenvalue weighted by atomic mass is 32.2. The third-order valence-corrected chi connectivity index (χ3v) is 7.48. The Balaban J connectivity index is 1.37. The van der Waals surface area contributed by atoms with Crippen molar-refractivity contribution < 1.29 is 17.6 Å². The van der Waals surface area contributed by atoms with Crippen LogP contribution in [0.2, 0.25) is 0 Å². The Morgan fingerprint density at radius 2 is 1.43 bits per heavy atom. The van der Waals surface area contributed by atoms with E-state index in [9.17, 15) is 17.6 Å². The Hall–Kier alpha value is -2.65. The van der Waals surface area contributed by atoms with Crippen molar-refractivity contribution in [2.45, 2.75) is 17.7 Å². The van der Waals surface area contributed by atoms with Crippen molar-refractivity contribution in [1.29, 1.82) is 0 Å². The number of carbonyl (C=O) groups is 1. The monoisotopic (exact) mass is 432 g/mol. The zero-order valence-corrected chi connectivity index (χ0v) is 17.4. The lowest BCUT2D eigenvalue weighted by Crippen LogP contribution is -2.48. The Morgan fingerprint density at radius 1 is 0.833 bits per heavy atom. The molecule has 2 fully saturated rings. The van der Waals surface area contributed by atoms with Gasteiger partial charge < -0.3 is 15.1 Å². The molecule has 4 rings (SSSR count). The van der Waals surface area contributed by atoms with Gasteiger partial charge in [-0.05, 0) is 61.4 Å². The van der Waals surface area contributed by atoms with E-state index in [2.05, 4.69) is 5.32 Å². The Bertz CT molecular complexity index is 982. The summed E-state index contributed by atoms with van der Waals surface area (Å²) in [4.78, 5) is 16.2. The molecular weight excluding hydrogens is 407 g/mol. The van der Waals surface area contributed by atoms with Gasteiger partial charge in [-0.1, -0.05) is 0 Å². The summed E-state index contributed by atoms with van der Waals surface area (Å²) in [5.74, 6) is -0.292. The quantitative estimate of drug-likeness (QED) is 0.806. The maximum atomic E-state index is 13.1. The zero-order chi connectivity index (χ0) is 21.1. The third-order valence-electron chi connectivity index (χ3n) is 5.57. The molecule has 0 atom stereocenters. The molecule has 0 aromatic heterocycles. The van der Waals surface area contributed by atoms with Crippen LogP contribution in [0.3, 0.4) is 0 Å². The van der Waals surface area contributed by atoms with E-state index in [4.69, 9.17) is 0 Å². The molecule has 0 spiro atoms. The molecule has 0 radical (unpaired) electrons. The first-order valence-corrected chi connectivity index (χ1v) is 11.5. The van der Waals surface area contributed by atoms with Gasteiger partial charge in [0.05, 0.1) is 4.90 Å². The molecule has 2 heterocycles. The van der Waals surface area contributed by atoms with Gasteiger partial charge in [-0.25, -0.2) is 17.6 Å². The van der Waals surface area contributed by atoms with Gasteiger partial charge in [0.25, 0.3) is 0 Å². The second-order valence-corrected chi connectivity index (χ2v) is 9.45. The first kappa shape index (κ1) is 20.6. The minimum absolute atomic E-state index is 0.153. The summed E-state index contributed by atoms with van der Waals surface area (Å²) in [5, 5.41) is 2.82. The Kier molecular flexibility index (Phi) is 5.92. The van der Waals surface area contributed by atoms with Crippen molar-refractivity contribution in [3.05, 3.63) is 54.3 Å². The van der Waals surface area contributed by atoms with Crippen LogP contribution in [-0.4, -0.2) is 62.9 Å². The van der Waals surface area contributed by atoms with Gasteiger partial charge in [0, 0.05) is 50.6 Å². The van der Waals surface area contributed by atoms with Crippen molar-refractivity contribution in [3.63, 3.8) is 0 Å². The molecule has 2 amide bonds. The van der Waals surface area contributed by atoms with E-state index in [1.54, 1.807) is 29.2 Å². The fourth-order valence-electron chi connectivity index (χ4n) is 3.82. The first-order valence-electron chi connectivity index (χ1n) is 10.1. The van der Waals surface area contributed by atoms with Crippen LogP contribution < -0.4 is 10.2 Å². The van der Waals surface area contributed by atoms with Crippen LogP contribution in [0.15, 0.2) is 53.4 Å². The van der Waals surface area contributed by atoms with E-state index in [-0.39, 0.29) is 16.7 Å². The van der Waals surface area contributed by atoms with Gasteiger partial charge in [0.15, 0.2) is 0 Å². The van der Waals surface area contributed by atoms with Crippen LogP contribution in [0.4, 0.5) is 20.6 Å². The van der Waals surface area contributed by atoms with Crippen LogP contribution in [0.25, 0.3) is 0 Å². The van der Waals surface area contributed by atoms with Crippen molar-refractivity contribution in [1.82, 2.24) is 9.21 Å². The largest absolute Gasteiger partial charge is 0.369 e. The van der Waals surface area contributed by atoms with Crippen molar-refractivity contribution in [2.75, 3.05) is 49.5 Å². The summed E-state index contributed by atoms with van der Waals surface area (Å²) < 4.78 is 40.5. The van der Waals surface area contributed by atoms with Crippen molar-refractivity contribution in [2.24, 2.45) is 0 Å². The van der Waals surface area contributed by atoms with Gasteiger partial charge in [-0.3, -0.25) is 0 Å². The lowest BCUT2D eigenvalue weighted by molar-refractivity contribution is 0.222. The Labute approximate surface area is 176 Å². The lowest BCUT2D eigenvalue weighted by Gasteiger charge is -2.35. The number of rotatable bonds is 4. The summed E-state index contributed by atoms with van der Waals surface area (Å²) in [6.07, 6.45) is 2.03. The van der Waals surface area contributed by atoms with Gasteiger partial charge in [0.2, 0.25) is 10.0 Å². The number of piperazine rings is 1. The topological polar surface area (TPSA) is 73.0 Å². The molecule has 2 aromatic rings.